The van der Waals surface area contributed by atoms with Gasteiger partial charge in [-0.15, -0.1) is 0 Å². The van der Waals surface area contributed by atoms with Gasteiger partial charge < -0.3 is 4.74 Å². The summed E-state index contributed by atoms with van der Waals surface area (Å²) >= 11 is 1.63. The molecular formula is C10H12O2S. The molecule has 0 fully saturated rings. The van der Waals surface area contributed by atoms with Crippen LogP contribution in [0.1, 0.15) is 17.3 Å². The average molecular weight is 196 g/mol. The molecule has 1 rings (SSSR count). The van der Waals surface area contributed by atoms with Gasteiger partial charge >= 0.3 is 0 Å². The van der Waals surface area contributed by atoms with Crippen LogP contribution in [0.15, 0.2) is 29.2 Å². The van der Waals surface area contributed by atoms with Gasteiger partial charge in [-0.2, -0.15) is 0 Å². The van der Waals surface area contributed by atoms with E-state index in [0.29, 0.717) is 11.5 Å². The van der Waals surface area contributed by atoms with Crippen LogP contribution in [0.25, 0.3) is 0 Å². The minimum Gasteiger partial charge on any atom is -0.371 e. The smallest absolute Gasteiger partial charge is 0.150 e. The number of rotatable bonds is 5. The van der Waals surface area contributed by atoms with E-state index in [-0.39, 0.29) is 0 Å². The first kappa shape index (κ1) is 10.3. The van der Waals surface area contributed by atoms with E-state index in [4.69, 9.17) is 4.74 Å². The third-order valence-electron chi connectivity index (χ3n) is 1.53. The van der Waals surface area contributed by atoms with E-state index >= 15 is 0 Å². The number of carbonyl (C=O) groups is 1. The minimum absolute atomic E-state index is 0.664. The number of hydrogen-bond donors (Lipinski definition) is 0. The highest BCUT2D eigenvalue weighted by molar-refractivity contribution is 7.99. The number of benzene rings is 1. The molecule has 0 spiro atoms. The quantitative estimate of drug-likeness (QED) is 0.313. The van der Waals surface area contributed by atoms with Crippen molar-refractivity contribution >= 4 is 18.0 Å². The summed E-state index contributed by atoms with van der Waals surface area (Å²) in [6.45, 7) is 2.70. The molecule has 0 radical (unpaired) electrons. The second kappa shape index (κ2) is 5.78. The second-order valence-electron chi connectivity index (χ2n) is 2.44. The molecule has 70 valence electrons. The molecule has 0 unspecified atom stereocenters. The van der Waals surface area contributed by atoms with Gasteiger partial charge in [0.05, 0.1) is 5.94 Å². The van der Waals surface area contributed by atoms with E-state index in [9.17, 15) is 4.79 Å². The number of ether oxygens (including phenoxy) is 1. The van der Waals surface area contributed by atoms with Crippen LogP contribution in [0.4, 0.5) is 0 Å². The van der Waals surface area contributed by atoms with E-state index < -0.39 is 0 Å². The van der Waals surface area contributed by atoms with Crippen molar-refractivity contribution in [3.8, 4) is 0 Å². The fraction of sp³-hybridized carbons (Fsp3) is 0.300. The van der Waals surface area contributed by atoms with Gasteiger partial charge in [-0.25, -0.2) is 0 Å². The van der Waals surface area contributed by atoms with Crippen LogP contribution in [-0.4, -0.2) is 18.8 Å². The topological polar surface area (TPSA) is 26.3 Å². The molecular weight excluding hydrogens is 184 g/mol. The van der Waals surface area contributed by atoms with Crippen molar-refractivity contribution in [2.45, 2.75) is 11.8 Å². The molecule has 0 aromatic heterocycles. The van der Waals surface area contributed by atoms with Crippen molar-refractivity contribution in [1.82, 2.24) is 0 Å². The van der Waals surface area contributed by atoms with Gasteiger partial charge in [-0.05, 0) is 19.1 Å². The summed E-state index contributed by atoms with van der Waals surface area (Å²) < 4.78 is 5.19. The fourth-order valence-electron chi connectivity index (χ4n) is 0.836. The zero-order chi connectivity index (χ0) is 9.52. The fourth-order valence-corrected chi connectivity index (χ4v) is 1.55. The first-order valence-electron chi connectivity index (χ1n) is 4.12. The first-order chi connectivity index (χ1) is 6.36. The molecule has 0 saturated heterocycles. The summed E-state index contributed by atoms with van der Waals surface area (Å²) in [5, 5.41) is 0. The molecule has 0 atom stereocenters. The lowest BCUT2D eigenvalue weighted by Gasteiger charge is -2.00. The van der Waals surface area contributed by atoms with E-state index in [0.717, 1.165) is 17.8 Å². The Morgan fingerprint density at radius 2 is 2.08 bits per heavy atom. The predicted octanol–water partition coefficient (Wildman–Crippen LogP) is 2.59. The molecule has 1 aromatic carbocycles. The molecule has 0 aliphatic carbocycles. The molecule has 0 aliphatic rings. The lowest BCUT2D eigenvalue weighted by atomic mass is 10.2. The maximum atomic E-state index is 10.3. The van der Waals surface area contributed by atoms with Crippen LogP contribution >= 0.6 is 11.8 Å². The molecule has 0 heterocycles. The van der Waals surface area contributed by atoms with E-state index in [1.807, 2.05) is 19.1 Å². The summed E-state index contributed by atoms with van der Waals surface area (Å²) in [6, 6.07) is 7.46. The van der Waals surface area contributed by atoms with Crippen LogP contribution < -0.4 is 0 Å². The number of hydrogen-bond acceptors (Lipinski definition) is 3. The molecule has 1 aromatic rings. The molecule has 13 heavy (non-hydrogen) atoms. The van der Waals surface area contributed by atoms with Crippen LogP contribution in [0.3, 0.4) is 0 Å². The Morgan fingerprint density at radius 3 is 2.62 bits per heavy atom. The maximum absolute atomic E-state index is 10.3. The van der Waals surface area contributed by atoms with Gasteiger partial charge in [0.1, 0.15) is 6.29 Å². The molecule has 2 nitrogen and oxygen atoms in total. The predicted molar refractivity (Wildman–Crippen MR) is 54.2 cm³/mol. The van der Waals surface area contributed by atoms with Crippen molar-refractivity contribution in [3.63, 3.8) is 0 Å². The standard InChI is InChI=1S/C10H12O2S/c1-2-12-8-13-10-5-3-9(7-11)4-6-10/h3-7H,2,8H2,1H3. The van der Waals surface area contributed by atoms with Crippen molar-refractivity contribution in [1.29, 1.82) is 0 Å². The van der Waals surface area contributed by atoms with Gasteiger partial charge in [0.15, 0.2) is 0 Å². The van der Waals surface area contributed by atoms with E-state index in [2.05, 4.69) is 0 Å². The Balaban J connectivity index is 2.44. The Morgan fingerprint density at radius 1 is 1.38 bits per heavy atom. The second-order valence-corrected chi connectivity index (χ2v) is 3.44. The van der Waals surface area contributed by atoms with Gasteiger partial charge in [-0.1, -0.05) is 23.9 Å². The van der Waals surface area contributed by atoms with Crippen LogP contribution in [0.2, 0.25) is 0 Å². The number of aldehydes is 1. The molecule has 0 aliphatic heterocycles. The SMILES string of the molecule is CCOCSc1ccc(C=O)cc1. The van der Waals surface area contributed by atoms with Crippen LogP contribution in [0, 0.1) is 0 Å². The highest BCUT2D eigenvalue weighted by Gasteiger charge is 1.93. The summed E-state index contributed by atoms with van der Waals surface area (Å²) in [6.07, 6.45) is 0.844. The monoisotopic (exact) mass is 196 g/mol. The van der Waals surface area contributed by atoms with Gasteiger partial charge in [0, 0.05) is 17.1 Å². The summed E-state index contributed by atoms with van der Waals surface area (Å²) in [7, 11) is 0. The molecule has 3 heteroatoms. The maximum Gasteiger partial charge on any atom is 0.150 e. The van der Waals surface area contributed by atoms with E-state index in [1.54, 1.807) is 23.9 Å². The minimum atomic E-state index is 0.664. The Kier molecular flexibility index (Phi) is 4.57. The number of carbonyl (C=O) groups excluding carboxylic acids is 1. The molecule has 0 amide bonds. The third-order valence-corrected chi connectivity index (χ3v) is 2.42. The lowest BCUT2D eigenvalue weighted by Crippen LogP contribution is -1.87. The summed E-state index contributed by atoms with van der Waals surface area (Å²) in [4.78, 5) is 11.5. The molecule has 0 saturated carbocycles. The Labute approximate surface area is 82.3 Å². The van der Waals surface area contributed by atoms with E-state index in [1.165, 1.54) is 0 Å². The highest BCUT2D eigenvalue weighted by Crippen LogP contribution is 2.17. The van der Waals surface area contributed by atoms with Crippen molar-refractivity contribution in [3.05, 3.63) is 29.8 Å². The van der Waals surface area contributed by atoms with Gasteiger partial charge in [0.2, 0.25) is 0 Å². The first-order valence-corrected chi connectivity index (χ1v) is 5.11. The molecule has 0 bridgehead atoms. The van der Waals surface area contributed by atoms with Gasteiger partial charge in [-0.3, -0.25) is 4.79 Å². The van der Waals surface area contributed by atoms with Crippen molar-refractivity contribution in [2.24, 2.45) is 0 Å². The Hall–Kier alpha value is -0.800. The summed E-state index contributed by atoms with van der Waals surface area (Å²) in [5.41, 5.74) is 0.709. The molecule has 0 N–H and O–H groups in total. The normalized spacial score (nSPS) is 9.92. The average Bonchev–Trinajstić information content (AvgIpc) is 2.19. The van der Waals surface area contributed by atoms with Crippen LogP contribution in [-0.2, 0) is 4.74 Å². The van der Waals surface area contributed by atoms with Crippen LogP contribution in [0.5, 0.6) is 0 Å². The van der Waals surface area contributed by atoms with Gasteiger partial charge in [0.25, 0.3) is 0 Å². The summed E-state index contributed by atoms with van der Waals surface area (Å²) in [5.74, 6) is 0.664. The zero-order valence-electron chi connectivity index (χ0n) is 7.53. The largest absolute Gasteiger partial charge is 0.371 e. The third kappa shape index (κ3) is 3.61. The Bertz CT molecular complexity index is 256. The highest BCUT2D eigenvalue weighted by atomic mass is 32.2. The number of thioether (sulfide) groups is 1. The lowest BCUT2D eigenvalue weighted by molar-refractivity contribution is 0.112. The van der Waals surface area contributed by atoms with Crippen molar-refractivity contribution in [2.75, 3.05) is 12.5 Å². The zero-order valence-corrected chi connectivity index (χ0v) is 8.34. The van der Waals surface area contributed by atoms with Crippen molar-refractivity contribution < 1.29 is 9.53 Å².